The number of halogens is 1. The van der Waals surface area contributed by atoms with Gasteiger partial charge in [0, 0.05) is 35.4 Å². The van der Waals surface area contributed by atoms with Crippen molar-refractivity contribution in [2.45, 2.75) is 45.1 Å². The average Bonchev–Trinajstić information content (AvgIpc) is 3.05. The number of aromatic nitrogens is 2. The maximum Gasteiger partial charge on any atom is 0.121 e. The summed E-state index contributed by atoms with van der Waals surface area (Å²) in [6, 6.07) is 5.50. The number of nitrogens with zero attached hydrogens (tertiary/aromatic N) is 3. The molecule has 1 aliphatic rings. The summed E-state index contributed by atoms with van der Waals surface area (Å²) in [5.41, 5.74) is 0.947. The smallest absolute Gasteiger partial charge is 0.121 e. The summed E-state index contributed by atoms with van der Waals surface area (Å²) in [5.74, 6) is 1.94. The van der Waals surface area contributed by atoms with E-state index in [9.17, 15) is 5.11 Å². The Hall–Kier alpha value is -1.52. The molecular weight excluding hydrogens is 334 g/mol. The van der Waals surface area contributed by atoms with Crippen LogP contribution in [0.15, 0.2) is 30.6 Å². The number of unbranched alkanes of at least 4 members (excludes halogenated alkanes) is 1. The molecule has 1 aliphatic heterocycles. The van der Waals surface area contributed by atoms with Crippen LogP contribution in [0.3, 0.4) is 0 Å². The highest BCUT2D eigenvalue weighted by Gasteiger charge is 2.32. The molecule has 0 amide bonds. The minimum absolute atomic E-state index is 0.109. The molecular formula is C20H28ClN3O. The Balaban J connectivity index is 1.98. The zero-order valence-electron chi connectivity index (χ0n) is 15.2. The van der Waals surface area contributed by atoms with Gasteiger partial charge in [0.1, 0.15) is 11.6 Å². The van der Waals surface area contributed by atoms with E-state index in [-0.39, 0.29) is 11.7 Å². The van der Waals surface area contributed by atoms with Crippen LogP contribution in [0, 0.1) is 5.92 Å². The molecule has 25 heavy (non-hydrogen) atoms. The lowest BCUT2D eigenvalue weighted by atomic mass is 9.79. The molecule has 1 fully saturated rings. The van der Waals surface area contributed by atoms with Crippen molar-refractivity contribution in [1.29, 1.82) is 0 Å². The predicted molar refractivity (Wildman–Crippen MR) is 102 cm³/mol. The number of hydrogen-bond donors (Lipinski definition) is 1. The summed E-state index contributed by atoms with van der Waals surface area (Å²) >= 11 is 6.06. The van der Waals surface area contributed by atoms with Gasteiger partial charge in [-0.3, -0.25) is 0 Å². The number of aromatic hydroxyl groups is 1. The van der Waals surface area contributed by atoms with Crippen LogP contribution in [0.4, 0.5) is 0 Å². The molecule has 1 unspecified atom stereocenters. The summed E-state index contributed by atoms with van der Waals surface area (Å²) in [4.78, 5) is 7.08. The molecule has 0 bridgehead atoms. The Morgan fingerprint density at radius 1 is 1.32 bits per heavy atom. The van der Waals surface area contributed by atoms with Gasteiger partial charge in [-0.2, -0.15) is 0 Å². The van der Waals surface area contributed by atoms with Crippen LogP contribution in [0.1, 0.15) is 49.9 Å². The highest BCUT2D eigenvalue weighted by atomic mass is 35.5. The van der Waals surface area contributed by atoms with E-state index in [2.05, 4.69) is 29.6 Å². The number of hydrogen-bond acceptors (Lipinski definition) is 3. The van der Waals surface area contributed by atoms with E-state index in [1.54, 1.807) is 6.07 Å². The summed E-state index contributed by atoms with van der Waals surface area (Å²) in [6.07, 6.45) is 8.48. The predicted octanol–water partition coefficient (Wildman–Crippen LogP) is 4.52. The van der Waals surface area contributed by atoms with Crippen molar-refractivity contribution < 1.29 is 5.11 Å². The Labute approximate surface area is 155 Å². The Morgan fingerprint density at radius 3 is 2.76 bits per heavy atom. The number of phenolic OH excluding ortho intramolecular Hbond substituents is 1. The fraction of sp³-hybridized carbons (Fsp3) is 0.550. The van der Waals surface area contributed by atoms with Crippen LogP contribution in [0.2, 0.25) is 5.02 Å². The van der Waals surface area contributed by atoms with Crippen molar-refractivity contribution in [3.8, 4) is 5.75 Å². The Bertz CT molecular complexity index is 692. The maximum atomic E-state index is 10.6. The molecule has 1 aromatic heterocycles. The number of likely N-dealkylation sites (tertiary alicyclic amines) is 1. The summed E-state index contributed by atoms with van der Waals surface area (Å²) < 4.78 is 2.26. The van der Waals surface area contributed by atoms with Gasteiger partial charge in [-0.05, 0) is 57.5 Å². The van der Waals surface area contributed by atoms with Crippen LogP contribution in [-0.4, -0.2) is 39.7 Å². The first kappa shape index (κ1) is 18.3. The minimum Gasteiger partial charge on any atom is -0.508 e. The molecule has 0 spiro atoms. The normalized spacial score (nSPS) is 17.7. The highest BCUT2D eigenvalue weighted by Crippen LogP contribution is 2.41. The van der Waals surface area contributed by atoms with Crippen LogP contribution in [0.25, 0.3) is 0 Å². The molecule has 0 aliphatic carbocycles. The zero-order chi connectivity index (χ0) is 17.8. The summed E-state index contributed by atoms with van der Waals surface area (Å²) in [7, 11) is 2.17. The molecule has 0 radical (unpaired) electrons. The molecule has 2 aromatic rings. The van der Waals surface area contributed by atoms with Gasteiger partial charge in [0.15, 0.2) is 0 Å². The fourth-order valence-corrected chi connectivity index (χ4v) is 4.03. The summed E-state index contributed by atoms with van der Waals surface area (Å²) in [6.45, 7) is 5.36. The van der Waals surface area contributed by atoms with Crippen molar-refractivity contribution in [2.24, 2.45) is 5.92 Å². The fourth-order valence-electron chi connectivity index (χ4n) is 3.86. The SMILES string of the molecule is CCCCn1ccnc1C(c1ccc(Cl)cc1O)C1CCN(C)CC1. The van der Waals surface area contributed by atoms with Gasteiger partial charge in [0.05, 0.1) is 0 Å². The molecule has 4 nitrogen and oxygen atoms in total. The van der Waals surface area contributed by atoms with Crippen molar-refractivity contribution in [3.05, 3.63) is 47.0 Å². The van der Waals surface area contributed by atoms with Crippen LogP contribution in [-0.2, 0) is 6.54 Å². The number of rotatable bonds is 6. The van der Waals surface area contributed by atoms with Gasteiger partial charge in [0.2, 0.25) is 0 Å². The van der Waals surface area contributed by atoms with Crippen LogP contribution in [0.5, 0.6) is 5.75 Å². The minimum atomic E-state index is 0.109. The molecule has 1 saturated heterocycles. The third kappa shape index (κ3) is 4.18. The second-order valence-corrected chi connectivity index (χ2v) is 7.59. The van der Waals surface area contributed by atoms with Crippen molar-refractivity contribution >= 4 is 11.6 Å². The van der Waals surface area contributed by atoms with Crippen LogP contribution < -0.4 is 0 Å². The number of piperidine rings is 1. The lowest BCUT2D eigenvalue weighted by Gasteiger charge is -2.34. The zero-order valence-corrected chi connectivity index (χ0v) is 15.9. The van der Waals surface area contributed by atoms with E-state index in [0.717, 1.165) is 56.7 Å². The number of phenols is 1. The lowest BCUT2D eigenvalue weighted by molar-refractivity contribution is 0.202. The van der Waals surface area contributed by atoms with E-state index in [0.29, 0.717) is 10.9 Å². The molecule has 136 valence electrons. The summed E-state index contributed by atoms with van der Waals surface area (Å²) in [5, 5.41) is 11.1. The molecule has 5 heteroatoms. The standard InChI is InChI=1S/C20H28ClN3O/c1-3-4-10-24-13-9-22-20(24)19(15-7-11-23(2)12-8-15)17-6-5-16(21)14-18(17)25/h5-6,9,13-15,19,25H,3-4,7-8,10-12H2,1-2H3. The van der Waals surface area contributed by atoms with Gasteiger partial charge in [0.25, 0.3) is 0 Å². The van der Waals surface area contributed by atoms with Gasteiger partial charge >= 0.3 is 0 Å². The van der Waals surface area contributed by atoms with E-state index >= 15 is 0 Å². The topological polar surface area (TPSA) is 41.3 Å². The first-order valence-corrected chi connectivity index (χ1v) is 9.66. The third-order valence-corrected chi connectivity index (χ3v) is 5.58. The van der Waals surface area contributed by atoms with Gasteiger partial charge < -0.3 is 14.6 Å². The van der Waals surface area contributed by atoms with Gasteiger partial charge in [-0.1, -0.05) is 31.0 Å². The van der Waals surface area contributed by atoms with Gasteiger partial charge in [-0.15, -0.1) is 0 Å². The second-order valence-electron chi connectivity index (χ2n) is 7.15. The monoisotopic (exact) mass is 361 g/mol. The quantitative estimate of drug-likeness (QED) is 0.822. The molecule has 3 rings (SSSR count). The van der Waals surface area contributed by atoms with E-state index in [1.807, 2.05) is 18.3 Å². The molecule has 1 atom stereocenters. The largest absolute Gasteiger partial charge is 0.508 e. The molecule has 0 saturated carbocycles. The van der Waals surface area contributed by atoms with Crippen molar-refractivity contribution in [2.75, 3.05) is 20.1 Å². The molecule has 2 heterocycles. The number of imidazole rings is 1. The van der Waals surface area contributed by atoms with E-state index in [4.69, 9.17) is 16.6 Å². The Morgan fingerprint density at radius 2 is 2.08 bits per heavy atom. The lowest BCUT2D eigenvalue weighted by Crippen LogP contribution is -2.33. The second kappa shape index (κ2) is 8.24. The average molecular weight is 362 g/mol. The first-order valence-electron chi connectivity index (χ1n) is 9.28. The van der Waals surface area contributed by atoms with E-state index in [1.165, 1.54) is 0 Å². The molecule has 1 aromatic carbocycles. The third-order valence-electron chi connectivity index (χ3n) is 5.34. The molecule has 1 N–H and O–H groups in total. The van der Waals surface area contributed by atoms with Crippen LogP contribution >= 0.6 is 11.6 Å². The van der Waals surface area contributed by atoms with Crippen molar-refractivity contribution in [1.82, 2.24) is 14.5 Å². The number of aryl methyl sites for hydroxylation is 1. The van der Waals surface area contributed by atoms with Gasteiger partial charge in [-0.25, -0.2) is 4.98 Å². The maximum absolute atomic E-state index is 10.6. The number of benzene rings is 1. The van der Waals surface area contributed by atoms with Crippen molar-refractivity contribution in [3.63, 3.8) is 0 Å². The van der Waals surface area contributed by atoms with E-state index < -0.39 is 0 Å². The first-order chi connectivity index (χ1) is 12.1. The Kier molecular flexibility index (Phi) is 6.02. The highest BCUT2D eigenvalue weighted by molar-refractivity contribution is 6.30.